The second kappa shape index (κ2) is 7.66. The van der Waals surface area contributed by atoms with Gasteiger partial charge in [-0.25, -0.2) is 4.98 Å². The van der Waals surface area contributed by atoms with Crippen LogP contribution in [0.15, 0.2) is 47.3 Å². The first-order valence-corrected chi connectivity index (χ1v) is 9.38. The van der Waals surface area contributed by atoms with Crippen LogP contribution in [-0.4, -0.2) is 33.6 Å². The van der Waals surface area contributed by atoms with Crippen molar-refractivity contribution in [1.29, 1.82) is 0 Å². The molecule has 2 heterocycles. The Morgan fingerprint density at radius 1 is 1.29 bits per heavy atom. The molecule has 0 radical (unpaired) electrons. The van der Waals surface area contributed by atoms with E-state index in [1.165, 1.54) is 7.11 Å². The van der Waals surface area contributed by atoms with Gasteiger partial charge in [-0.2, -0.15) is 0 Å². The fraction of sp³-hybridized carbons (Fsp3) is 0.238. The van der Waals surface area contributed by atoms with Crippen molar-refractivity contribution in [3.8, 4) is 22.9 Å². The van der Waals surface area contributed by atoms with Crippen molar-refractivity contribution in [2.75, 3.05) is 13.7 Å². The predicted molar refractivity (Wildman–Crippen MR) is 108 cm³/mol. The number of nitrogens with one attached hydrogen (secondary N) is 1. The van der Waals surface area contributed by atoms with Gasteiger partial charge in [0.1, 0.15) is 5.82 Å². The number of ether oxygens (including phenoxy) is 1. The SMILES string of the molecule is COc1cc(CN2CCc3nc(-c4ccccc4)[nH]c(=O)c3C2)cc(Cl)c1O. The van der Waals surface area contributed by atoms with E-state index in [1.54, 1.807) is 12.1 Å². The Kier molecular flexibility index (Phi) is 5.07. The molecule has 1 aliphatic rings. The molecule has 1 aliphatic heterocycles. The molecule has 0 bridgehead atoms. The molecular weight excluding hydrogens is 378 g/mol. The number of benzene rings is 2. The third-order valence-electron chi connectivity index (χ3n) is 4.91. The maximum absolute atomic E-state index is 12.7. The van der Waals surface area contributed by atoms with Crippen LogP contribution in [0.1, 0.15) is 16.8 Å². The van der Waals surface area contributed by atoms with Crippen LogP contribution in [0.2, 0.25) is 5.02 Å². The normalized spacial score (nSPS) is 13.9. The Morgan fingerprint density at radius 2 is 2.07 bits per heavy atom. The van der Waals surface area contributed by atoms with E-state index in [2.05, 4.69) is 14.9 Å². The van der Waals surface area contributed by atoms with Gasteiger partial charge < -0.3 is 14.8 Å². The van der Waals surface area contributed by atoms with E-state index in [9.17, 15) is 9.90 Å². The molecule has 3 aromatic rings. The standard InChI is InChI=1S/C21H20ClN3O3/c1-28-18-10-13(9-16(22)19(18)26)11-25-8-7-17-15(12-25)21(27)24-20(23-17)14-5-3-2-4-6-14/h2-6,9-10,26H,7-8,11-12H2,1H3,(H,23,24,27). The summed E-state index contributed by atoms with van der Waals surface area (Å²) in [4.78, 5) is 22.4. The lowest BCUT2D eigenvalue weighted by molar-refractivity contribution is 0.241. The quantitative estimate of drug-likeness (QED) is 0.705. The van der Waals surface area contributed by atoms with Gasteiger partial charge in [-0.05, 0) is 17.7 Å². The number of aromatic nitrogens is 2. The number of fused-ring (bicyclic) bond motifs is 1. The third kappa shape index (κ3) is 3.61. The molecule has 0 atom stereocenters. The lowest BCUT2D eigenvalue weighted by Gasteiger charge is -2.28. The van der Waals surface area contributed by atoms with E-state index in [0.29, 0.717) is 36.6 Å². The Hall–Kier alpha value is -2.83. The lowest BCUT2D eigenvalue weighted by Crippen LogP contribution is -2.35. The van der Waals surface area contributed by atoms with E-state index < -0.39 is 0 Å². The second-order valence-corrected chi connectivity index (χ2v) is 7.20. The number of phenolic OH excluding ortho intramolecular Hbond substituents is 1. The van der Waals surface area contributed by atoms with E-state index in [1.807, 2.05) is 30.3 Å². The number of rotatable bonds is 4. The van der Waals surface area contributed by atoms with Gasteiger partial charge in [0, 0.05) is 31.6 Å². The first-order chi connectivity index (χ1) is 13.5. The summed E-state index contributed by atoms with van der Waals surface area (Å²) in [5, 5.41) is 10.1. The summed E-state index contributed by atoms with van der Waals surface area (Å²) in [6, 6.07) is 13.1. The molecule has 2 N–H and O–H groups in total. The van der Waals surface area contributed by atoms with Crippen molar-refractivity contribution < 1.29 is 9.84 Å². The highest BCUT2D eigenvalue weighted by Crippen LogP contribution is 2.35. The van der Waals surface area contributed by atoms with Crippen LogP contribution in [0.3, 0.4) is 0 Å². The van der Waals surface area contributed by atoms with Crippen LogP contribution >= 0.6 is 11.6 Å². The number of aromatic hydroxyl groups is 1. The second-order valence-electron chi connectivity index (χ2n) is 6.79. The number of phenols is 1. The van der Waals surface area contributed by atoms with Crippen molar-refractivity contribution >= 4 is 11.6 Å². The highest BCUT2D eigenvalue weighted by molar-refractivity contribution is 6.32. The van der Waals surface area contributed by atoms with Gasteiger partial charge in [0.05, 0.1) is 23.4 Å². The van der Waals surface area contributed by atoms with Gasteiger partial charge in [-0.3, -0.25) is 9.69 Å². The fourth-order valence-corrected chi connectivity index (χ4v) is 3.71. The Balaban J connectivity index is 1.57. The summed E-state index contributed by atoms with van der Waals surface area (Å²) in [7, 11) is 1.49. The molecule has 0 fully saturated rings. The zero-order valence-electron chi connectivity index (χ0n) is 15.4. The first-order valence-electron chi connectivity index (χ1n) is 9.00. The number of halogens is 1. The molecule has 144 valence electrons. The summed E-state index contributed by atoms with van der Waals surface area (Å²) in [5.74, 6) is 0.880. The summed E-state index contributed by atoms with van der Waals surface area (Å²) in [6.45, 7) is 1.88. The zero-order chi connectivity index (χ0) is 19.7. The minimum Gasteiger partial charge on any atom is -0.503 e. The van der Waals surface area contributed by atoms with E-state index in [4.69, 9.17) is 16.3 Å². The molecular formula is C21H20ClN3O3. The minimum absolute atomic E-state index is 0.0639. The summed E-state index contributed by atoms with van der Waals surface area (Å²) >= 11 is 6.08. The van der Waals surface area contributed by atoms with Crippen molar-refractivity contribution in [2.24, 2.45) is 0 Å². The van der Waals surface area contributed by atoms with E-state index in [-0.39, 0.29) is 16.3 Å². The number of methoxy groups -OCH3 is 1. The van der Waals surface area contributed by atoms with Crippen LogP contribution in [-0.2, 0) is 19.5 Å². The Bertz CT molecular complexity index is 1070. The van der Waals surface area contributed by atoms with E-state index >= 15 is 0 Å². The van der Waals surface area contributed by atoms with Crippen molar-refractivity contribution in [3.05, 3.63) is 74.7 Å². The Morgan fingerprint density at radius 3 is 2.82 bits per heavy atom. The number of hydrogen-bond donors (Lipinski definition) is 2. The maximum atomic E-state index is 12.7. The molecule has 0 saturated heterocycles. The lowest BCUT2D eigenvalue weighted by atomic mass is 10.1. The van der Waals surface area contributed by atoms with Gasteiger partial charge in [0.25, 0.3) is 5.56 Å². The molecule has 2 aromatic carbocycles. The molecule has 1 aromatic heterocycles. The average molecular weight is 398 g/mol. The van der Waals surface area contributed by atoms with Crippen LogP contribution in [0, 0.1) is 0 Å². The van der Waals surface area contributed by atoms with Gasteiger partial charge in [-0.15, -0.1) is 0 Å². The Labute approximate surface area is 167 Å². The first kappa shape index (κ1) is 18.5. The molecule has 0 spiro atoms. The van der Waals surface area contributed by atoms with Crippen molar-refractivity contribution in [3.63, 3.8) is 0 Å². The van der Waals surface area contributed by atoms with Gasteiger partial charge in [0.2, 0.25) is 0 Å². The molecule has 7 heteroatoms. The molecule has 6 nitrogen and oxygen atoms in total. The highest BCUT2D eigenvalue weighted by Gasteiger charge is 2.22. The highest BCUT2D eigenvalue weighted by atomic mass is 35.5. The van der Waals surface area contributed by atoms with E-state index in [0.717, 1.165) is 23.4 Å². The van der Waals surface area contributed by atoms with Crippen LogP contribution < -0.4 is 10.3 Å². The molecule has 4 rings (SSSR count). The van der Waals surface area contributed by atoms with Gasteiger partial charge >= 0.3 is 0 Å². The maximum Gasteiger partial charge on any atom is 0.255 e. The number of H-pyrrole nitrogens is 1. The zero-order valence-corrected chi connectivity index (χ0v) is 16.2. The average Bonchev–Trinajstić information content (AvgIpc) is 2.71. The van der Waals surface area contributed by atoms with Crippen molar-refractivity contribution in [2.45, 2.75) is 19.5 Å². The molecule has 0 unspecified atom stereocenters. The topological polar surface area (TPSA) is 78.5 Å². The number of hydrogen-bond acceptors (Lipinski definition) is 5. The monoisotopic (exact) mass is 397 g/mol. The summed E-state index contributed by atoms with van der Waals surface area (Å²) in [5.41, 5.74) is 3.25. The summed E-state index contributed by atoms with van der Waals surface area (Å²) < 4.78 is 5.17. The fourth-order valence-electron chi connectivity index (χ4n) is 3.48. The van der Waals surface area contributed by atoms with Crippen LogP contribution in [0.5, 0.6) is 11.5 Å². The summed E-state index contributed by atoms with van der Waals surface area (Å²) in [6.07, 6.45) is 0.696. The molecule has 0 aliphatic carbocycles. The minimum atomic E-state index is -0.102. The predicted octanol–water partition coefficient (Wildman–Crippen LogP) is 3.36. The number of nitrogens with zero attached hydrogens (tertiary/aromatic N) is 2. The van der Waals surface area contributed by atoms with Gasteiger partial charge in [-0.1, -0.05) is 41.9 Å². The smallest absolute Gasteiger partial charge is 0.255 e. The molecule has 0 saturated carbocycles. The van der Waals surface area contributed by atoms with Crippen LogP contribution in [0.4, 0.5) is 0 Å². The largest absolute Gasteiger partial charge is 0.503 e. The molecule has 0 amide bonds. The molecule has 28 heavy (non-hydrogen) atoms. The number of aromatic amines is 1. The van der Waals surface area contributed by atoms with Crippen molar-refractivity contribution in [1.82, 2.24) is 14.9 Å². The third-order valence-corrected chi connectivity index (χ3v) is 5.20. The van der Waals surface area contributed by atoms with Gasteiger partial charge in [0.15, 0.2) is 11.5 Å². The van der Waals surface area contributed by atoms with Crippen LogP contribution in [0.25, 0.3) is 11.4 Å².